The molecule has 1 saturated heterocycles. The summed E-state index contributed by atoms with van der Waals surface area (Å²) in [7, 11) is 2.10. The highest BCUT2D eigenvalue weighted by Gasteiger charge is 2.23. The molecule has 0 radical (unpaired) electrons. The number of ether oxygens (including phenoxy) is 1. The highest BCUT2D eigenvalue weighted by molar-refractivity contribution is 6.06. The summed E-state index contributed by atoms with van der Waals surface area (Å²) in [6.07, 6.45) is 1.94. The van der Waals surface area contributed by atoms with Gasteiger partial charge in [-0.1, -0.05) is 42.5 Å². The number of carbonyl (C=O) groups is 2. The van der Waals surface area contributed by atoms with Crippen LogP contribution in [0.3, 0.4) is 0 Å². The number of carbonyl (C=O) groups excluding carboxylic acids is 2. The summed E-state index contributed by atoms with van der Waals surface area (Å²) in [4.78, 5) is 30.2. The minimum Gasteiger partial charge on any atom is -0.444 e. The van der Waals surface area contributed by atoms with Gasteiger partial charge in [0.1, 0.15) is 6.61 Å². The van der Waals surface area contributed by atoms with Gasteiger partial charge >= 0.3 is 6.09 Å². The first-order chi connectivity index (χ1) is 17.5. The van der Waals surface area contributed by atoms with Gasteiger partial charge in [0.25, 0.3) is 5.91 Å². The predicted molar refractivity (Wildman–Crippen MR) is 143 cm³/mol. The van der Waals surface area contributed by atoms with Gasteiger partial charge in [-0.05, 0) is 67.3 Å². The summed E-state index contributed by atoms with van der Waals surface area (Å²) in [5.41, 5.74) is 4.90. The van der Waals surface area contributed by atoms with E-state index in [1.807, 2.05) is 54.6 Å². The largest absolute Gasteiger partial charge is 0.444 e. The van der Waals surface area contributed by atoms with E-state index in [1.165, 1.54) is 18.4 Å². The molecule has 7 heteroatoms. The quantitative estimate of drug-likeness (QED) is 0.475. The molecule has 3 aromatic carbocycles. The summed E-state index contributed by atoms with van der Waals surface area (Å²) >= 11 is 0. The van der Waals surface area contributed by atoms with E-state index in [2.05, 4.69) is 39.6 Å². The van der Waals surface area contributed by atoms with E-state index in [-0.39, 0.29) is 12.5 Å². The molecule has 1 heterocycles. The number of nitrogens with zero attached hydrogens (tertiary/aromatic N) is 2. The van der Waals surface area contributed by atoms with Gasteiger partial charge in [0, 0.05) is 37.4 Å². The number of piperazine rings is 1. The van der Waals surface area contributed by atoms with Crippen molar-refractivity contribution in [1.82, 2.24) is 4.90 Å². The van der Waals surface area contributed by atoms with E-state index in [9.17, 15) is 9.59 Å². The molecule has 0 spiro atoms. The Morgan fingerprint density at radius 1 is 0.889 bits per heavy atom. The van der Waals surface area contributed by atoms with Crippen LogP contribution in [-0.2, 0) is 11.3 Å². The molecule has 2 aliphatic rings. The highest BCUT2D eigenvalue weighted by Crippen LogP contribution is 2.40. The number of amides is 2. The molecule has 7 nitrogen and oxygen atoms in total. The highest BCUT2D eigenvalue weighted by atomic mass is 16.5. The lowest BCUT2D eigenvalue weighted by atomic mass is 10.1. The van der Waals surface area contributed by atoms with Crippen LogP contribution in [0, 0.1) is 0 Å². The van der Waals surface area contributed by atoms with Crippen LogP contribution in [0.25, 0.3) is 0 Å². The number of hydrogen-bond acceptors (Lipinski definition) is 5. The van der Waals surface area contributed by atoms with Crippen LogP contribution in [0.1, 0.15) is 40.2 Å². The Balaban J connectivity index is 1.31. The standard InChI is InChI=1S/C29H32N4O3/c1-32-15-17-33(18-16-32)27-14-11-24(28(34)30-25-12-9-23(10-13-25)22-7-8-22)19-26(27)31-29(35)36-20-21-5-3-2-4-6-21/h2-6,9-14,19,22H,7-8,15-18,20H2,1H3,(H,30,34)(H,31,35). The molecule has 2 amide bonds. The molecule has 1 aliphatic heterocycles. The fraction of sp³-hybridized carbons (Fsp3) is 0.310. The minimum atomic E-state index is -0.553. The maximum atomic E-state index is 13.0. The molecule has 3 aromatic rings. The Kier molecular flexibility index (Phi) is 7.18. The van der Waals surface area contributed by atoms with Crippen molar-refractivity contribution in [1.29, 1.82) is 0 Å². The van der Waals surface area contributed by atoms with Crippen molar-refractivity contribution in [3.63, 3.8) is 0 Å². The van der Waals surface area contributed by atoms with Crippen LogP contribution in [0.4, 0.5) is 21.9 Å². The normalized spacial score (nSPS) is 15.9. The minimum absolute atomic E-state index is 0.174. The van der Waals surface area contributed by atoms with Gasteiger partial charge in [0.05, 0.1) is 11.4 Å². The number of hydrogen-bond donors (Lipinski definition) is 2. The van der Waals surface area contributed by atoms with Crippen molar-refractivity contribution in [2.45, 2.75) is 25.4 Å². The Bertz CT molecular complexity index is 1200. The third-order valence-electron chi connectivity index (χ3n) is 6.77. The average molecular weight is 485 g/mol. The van der Waals surface area contributed by atoms with Crippen LogP contribution in [0.15, 0.2) is 72.8 Å². The molecule has 0 bridgehead atoms. The van der Waals surface area contributed by atoms with Gasteiger partial charge in [-0.25, -0.2) is 4.79 Å². The Hall–Kier alpha value is -3.84. The van der Waals surface area contributed by atoms with Crippen LogP contribution in [-0.4, -0.2) is 50.1 Å². The number of likely N-dealkylation sites (N-methyl/N-ethyl adjacent to an activating group) is 1. The summed E-state index contributed by atoms with van der Waals surface area (Å²) in [6, 6.07) is 23.1. The van der Waals surface area contributed by atoms with Crippen molar-refractivity contribution in [2.24, 2.45) is 0 Å². The first-order valence-corrected chi connectivity index (χ1v) is 12.5. The van der Waals surface area contributed by atoms with E-state index >= 15 is 0 Å². The van der Waals surface area contributed by atoms with Crippen molar-refractivity contribution in [3.05, 3.63) is 89.5 Å². The second-order valence-corrected chi connectivity index (χ2v) is 9.56. The maximum absolute atomic E-state index is 13.0. The molecule has 0 unspecified atom stereocenters. The molecule has 0 atom stereocenters. The third-order valence-corrected chi connectivity index (χ3v) is 6.77. The number of anilines is 3. The SMILES string of the molecule is CN1CCN(c2ccc(C(=O)Nc3ccc(C4CC4)cc3)cc2NC(=O)OCc2ccccc2)CC1. The Morgan fingerprint density at radius 3 is 2.31 bits per heavy atom. The third kappa shape index (κ3) is 6.04. The molecular weight excluding hydrogens is 452 g/mol. The first-order valence-electron chi connectivity index (χ1n) is 12.5. The van der Waals surface area contributed by atoms with E-state index < -0.39 is 6.09 Å². The Morgan fingerprint density at radius 2 is 1.61 bits per heavy atom. The van der Waals surface area contributed by atoms with Crippen LogP contribution < -0.4 is 15.5 Å². The van der Waals surface area contributed by atoms with E-state index in [1.54, 1.807) is 6.07 Å². The second kappa shape index (κ2) is 10.8. The lowest BCUT2D eigenvalue weighted by molar-refractivity contribution is 0.102. The lowest BCUT2D eigenvalue weighted by Crippen LogP contribution is -2.44. The van der Waals surface area contributed by atoms with Gasteiger partial charge in [-0.15, -0.1) is 0 Å². The van der Waals surface area contributed by atoms with Gasteiger partial charge in [0.2, 0.25) is 0 Å². The molecule has 1 saturated carbocycles. The van der Waals surface area contributed by atoms with Gasteiger partial charge in [0.15, 0.2) is 0 Å². The zero-order valence-electron chi connectivity index (χ0n) is 20.6. The summed E-state index contributed by atoms with van der Waals surface area (Å²) in [5.74, 6) is 0.451. The predicted octanol–water partition coefficient (Wildman–Crippen LogP) is 5.32. The van der Waals surface area contributed by atoms with E-state index in [4.69, 9.17) is 4.74 Å². The first kappa shape index (κ1) is 23.9. The molecule has 186 valence electrons. The van der Waals surface area contributed by atoms with E-state index in [0.717, 1.165) is 43.1 Å². The number of rotatable bonds is 7. The fourth-order valence-corrected chi connectivity index (χ4v) is 4.43. The number of benzene rings is 3. The van der Waals surface area contributed by atoms with E-state index in [0.29, 0.717) is 17.2 Å². The van der Waals surface area contributed by atoms with Gasteiger partial charge in [-0.2, -0.15) is 0 Å². The molecule has 2 N–H and O–H groups in total. The smallest absolute Gasteiger partial charge is 0.412 e. The topological polar surface area (TPSA) is 73.9 Å². The zero-order chi connectivity index (χ0) is 24.9. The fourth-order valence-electron chi connectivity index (χ4n) is 4.43. The monoisotopic (exact) mass is 484 g/mol. The van der Waals surface area contributed by atoms with Gasteiger partial charge < -0.3 is 19.9 Å². The van der Waals surface area contributed by atoms with Crippen molar-refractivity contribution >= 4 is 29.1 Å². The molecule has 0 aromatic heterocycles. The molecule has 1 aliphatic carbocycles. The van der Waals surface area contributed by atoms with Crippen LogP contribution >= 0.6 is 0 Å². The summed E-state index contributed by atoms with van der Waals surface area (Å²) in [6.45, 7) is 3.70. The summed E-state index contributed by atoms with van der Waals surface area (Å²) < 4.78 is 5.45. The molecule has 2 fully saturated rings. The summed E-state index contributed by atoms with van der Waals surface area (Å²) in [5, 5.41) is 5.85. The Labute approximate surface area is 212 Å². The maximum Gasteiger partial charge on any atom is 0.412 e. The van der Waals surface area contributed by atoms with Crippen molar-refractivity contribution < 1.29 is 14.3 Å². The van der Waals surface area contributed by atoms with Crippen LogP contribution in [0.5, 0.6) is 0 Å². The lowest BCUT2D eigenvalue weighted by Gasteiger charge is -2.35. The zero-order valence-corrected chi connectivity index (χ0v) is 20.6. The van der Waals surface area contributed by atoms with Gasteiger partial charge in [-0.3, -0.25) is 10.1 Å². The molecule has 36 heavy (non-hydrogen) atoms. The van der Waals surface area contributed by atoms with Crippen molar-refractivity contribution in [2.75, 3.05) is 48.8 Å². The molecular formula is C29H32N4O3. The number of nitrogens with one attached hydrogen (secondary N) is 2. The average Bonchev–Trinajstić information content (AvgIpc) is 3.75. The van der Waals surface area contributed by atoms with Crippen LogP contribution in [0.2, 0.25) is 0 Å². The van der Waals surface area contributed by atoms with Crippen molar-refractivity contribution in [3.8, 4) is 0 Å². The molecule has 5 rings (SSSR count). The second-order valence-electron chi connectivity index (χ2n) is 9.56.